The molecule has 6 heteroatoms. The molecule has 0 N–H and O–H groups in total. The second-order valence-electron chi connectivity index (χ2n) is 7.00. The van der Waals surface area contributed by atoms with Crippen molar-refractivity contribution in [2.75, 3.05) is 15.6 Å². The van der Waals surface area contributed by atoms with Gasteiger partial charge in [0, 0.05) is 16.8 Å². The Hall–Kier alpha value is -3.12. The van der Waals surface area contributed by atoms with Gasteiger partial charge in [-0.15, -0.1) is 11.8 Å². The molecule has 3 aromatic carbocycles. The summed E-state index contributed by atoms with van der Waals surface area (Å²) < 4.78 is 14.3. The Balaban J connectivity index is 1.66. The number of benzene rings is 3. The number of carbonyl (C=O) groups excluding carboxylic acids is 2. The standard InChI is InChI=1S/C23H17FN2O2S/c24-19-12-6-4-8-16(19)14-25-20-13-7-5-11-18(20)23(22(25)28)26(21(27)15-29-23)17-9-2-1-3-10-17/h1-13H,14-15H2/t23-/m0/s1. The molecule has 2 aliphatic heterocycles. The lowest BCUT2D eigenvalue weighted by molar-refractivity contribution is -0.123. The van der Waals surface area contributed by atoms with Crippen molar-refractivity contribution in [3.8, 4) is 0 Å². The van der Waals surface area contributed by atoms with Crippen LogP contribution < -0.4 is 9.80 Å². The van der Waals surface area contributed by atoms with Crippen LogP contribution >= 0.6 is 11.8 Å². The molecule has 1 fully saturated rings. The highest BCUT2D eigenvalue weighted by Gasteiger charge is 2.60. The summed E-state index contributed by atoms with van der Waals surface area (Å²) in [6, 6.07) is 23.2. The molecule has 144 valence electrons. The van der Waals surface area contributed by atoms with Gasteiger partial charge in [0.1, 0.15) is 5.82 Å². The van der Waals surface area contributed by atoms with E-state index in [9.17, 15) is 14.0 Å². The van der Waals surface area contributed by atoms with Crippen molar-refractivity contribution < 1.29 is 14.0 Å². The summed E-state index contributed by atoms with van der Waals surface area (Å²) in [6.45, 7) is 0.113. The minimum atomic E-state index is -1.17. The average molecular weight is 404 g/mol. The fourth-order valence-corrected chi connectivity index (χ4v) is 5.45. The minimum Gasteiger partial charge on any atom is -0.304 e. The van der Waals surface area contributed by atoms with E-state index in [0.29, 0.717) is 16.9 Å². The predicted molar refractivity (Wildman–Crippen MR) is 112 cm³/mol. The van der Waals surface area contributed by atoms with Gasteiger partial charge in [-0.2, -0.15) is 0 Å². The van der Waals surface area contributed by atoms with Crippen molar-refractivity contribution in [1.29, 1.82) is 0 Å². The topological polar surface area (TPSA) is 40.6 Å². The van der Waals surface area contributed by atoms with E-state index in [1.54, 1.807) is 28.0 Å². The third-order valence-electron chi connectivity index (χ3n) is 5.36. The zero-order valence-electron chi connectivity index (χ0n) is 15.4. The Morgan fingerprint density at radius 3 is 2.38 bits per heavy atom. The van der Waals surface area contributed by atoms with Crippen molar-refractivity contribution in [1.82, 2.24) is 0 Å². The molecule has 4 nitrogen and oxygen atoms in total. The molecule has 2 aliphatic rings. The third-order valence-corrected chi connectivity index (χ3v) is 6.75. The molecular weight excluding hydrogens is 387 g/mol. The number of para-hydroxylation sites is 2. The molecule has 0 aliphatic carbocycles. The fourth-order valence-electron chi connectivity index (χ4n) is 4.09. The number of hydrogen-bond donors (Lipinski definition) is 0. The van der Waals surface area contributed by atoms with Crippen LogP contribution in [0.15, 0.2) is 78.9 Å². The maximum Gasteiger partial charge on any atom is 0.269 e. The van der Waals surface area contributed by atoms with Gasteiger partial charge in [-0.25, -0.2) is 4.39 Å². The number of amides is 2. The van der Waals surface area contributed by atoms with E-state index in [4.69, 9.17) is 0 Å². The zero-order valence-corrected chi connectivity index (χ0v) is 16.2. The first-order chi connectivity index (χ1) is 14.1. The largest absolute Gasteiger partial charge is 0.304 e. The summed E-state index contributed by atoms with van der Waals surface area (Å²) in [5.41, 5.74) is 2.59. The van der Waals surface area contributed by atoms with E-state index in [-0.39, 0.29) is 29.9 Å². The summed E-state index contributed by atoms with van der Waals surface area (Å²) in [5.74, 6) is -0.477. The molecule has 0 unspecified atom stereocenters. The third kappa shape index (κ3) is 2.59. The molecule has 3 aromatic rings. The number of anilines is 2. The van der Waals surface area contributed by atoms with Crippen LogP contribution in [0.3, 0.4) is 0 Å². The summed E-state index contributed by atoms with van der Waals surface area (Å²) in [6.07, 6.45) is 0. The van der Waals surface area contributed by atoms with Crippen molar-refractivity contribution in [2.45, 2.75) is 11.4 Å². The molecule has 0 saturated carbocycles. The predicted octanol–water partition coefficient (Wildman–Crippen LogP) is 4.31. The molecule has 0 radical (unpaired) electrons. The minimum absolute atomic E-state index is 0.113. The van der Waals surface area contributed by atoms with Crippen LogP contribution in [0.4, 0.5) is 15.8 Å². The lowest BCUT2D eigenvalue weighted by Gasteiger charge is -2.33. The molecule has 1 spiro atoms. The SMILES string of the molecule is O=C1CS[C@@]2(C(=O)N(Cc3ccccc3F)c3ccccc32)N1c1ccccc1. The van der Waals surface area contributed by atoms with Crippen LogP contribution in [0, 0.1) is 5.82 Å². The smallest absolute Gasteiger partial charge is 0.269 e. The highest BCUT2D eigenvalue weighted by Crippen LogP contribution is 2.55. The molecule has 0 aromatic heterocycles. The average Bonchev–Trinajstić information content (AvgIpc) is 3.21. The number of carbonyl (C=O) groups is 2. The molecular formula is C23H17FN2O2S. The second-order valence-corrected chi connectivity index (χ2v) is 8.17. The summed E-state index contributed by atoms with van der Waals surface area (Å²) in [4.78, 5) is 28.7. The Bertz CT molecular complexity index is 1120. The van der Waals surface area contributed by atoms with Crippen molar-refractivity contribution in [3.05, 3.63) is 95.8 Å². The monoisotopic (exact) mass is 404 g/mol. The van der Waals surface area contributed by atoms with Crippen LogP contribution in [0.25, 0.3) is 0 Å². The number of halogens is 1. The Morgan fingerprint density at radius 2 is 1.59 bits per heavy atom. The Kier molecular flexibility index (Phi) is 4.17. The lowest BCUT2D eigenvalue weighted by Crippen LogP contribution is -2.49. The number of rotatable bonds is 3. The van der Waals surface area contributed by atoms with Gasteiger partial charge in [0.15, 0.2) is 0 Å². The van der Waals surface area contributed by atoms with Gasteiger partial charge in [-0.1, -0.05) is 54.6 Å². The molecule has 2 amide bonds. The second kappa shape index (κ2) is 6.74. The van der Waals surface area contributed by atoms with Crippen molar-refractivity contribution in [2.24, 2.45) is 0 Å². The van der Waals surface area contributed by atoms with Crippen LogP contribution in [-0.4, -0.2) is 17.6 Å². The Morgan fingerprint density at radius 1 is 0.897 bits per heavy atom. The number of fused-ring (bicyclic) bond motifs is 2. The maximum absolute atomic E-state index is 14.3. The molecule has 2 heterocycles. The number of hydrogen-bond acceptors (Lipinski definition) is 3. The summed E-state index contributed by atoms with van der Waals surface area (Å²) in [5, 5.41) is 0. The molecule has 5 rings (SSSR count). The first kappa shape index (κ1) is 17.9. The van der Waals surface area contributed by atoms with E-state index in [0.717, 1.165) is 5.56 Å². The maximum atomic E-state index is 14.3. The van der Waals surface area contributed by atoms with E-state index < -0.39 is 4.87 Å². The summed E-state index contributed by atoms with van der Waals surface area (Å²) >= 11 is 1.32. The van der Waals surface area contributed by atoms with E-state index in [1.165, 1.54) is 17.8 Å². The molecule has 1 saturated heterocycles. The normalized spacial score (nSPS) is 20.6. The van der Waals surface area contributed by atoms with E-state index in [1.807, 2.05) is 54.6 Å². The van der Waals surface area contributed by atoms with Gasteiger partial charge in [-0.05, 0) is 24.3 Å². The molecule has 0 bridgehead atoms. The van der Waals surface area contributed by atoms with Crippen LogP contribution in [0.1, 0.15) is 11.1 Å². The van der Waals surface area contributed by atoms with E-state index >= 15 is 0 Å². The highest BCUT2D eigenvalue weighted by molar-refractivity contribution is 8.02. The quantitative estimate of drug-likeness (QED) is 0.653. The lowest BCUT2D eigenvalue weighted by atomic mass is 10.0. The molecule has 29 heavy (non-hydrogen) atoms. The van der Waals surface area contributed by atoms with Gasteiger partial charge < -0.3 is 4.90 Å². The first-order valence-corrected chi connectivity index (χ1v) is 10.3. The highest BCUT2D eigenvalue weighted by atomic mass is 32.2. The van der Waals surface area contributed by atoms with Crippen LogP contribution in [-0.2, 0) is 21.0 Å². The van der Waals surface area contributed by atoms with E-state index in [2.05, 4.69) is 0 Å². The van der Waals surface area contributed by atoms with Crippen molar-refractivity contribution in [3.63, 3.8) is 0 Å². The summed E-state index contributed by atoms with van der Waals surface area (Å²) in [7, 11) is 0. The Labute approximate surface area is 171 Å². The van der Waals surface area contributed by atoms with Gasteiger partial charge in [0.2, 0.25) is 10.8 Å². The molecule has 1 atom stereocenters. The first-order valence-electron chi connectivity index (χ1n) is 9.30. The van der Waals surface area contributed by atoms with Crippen LogP contribution in [0.2, 0.25) is 0 Å². The van der Waals surface area contributed by atoms with Gasteiger partial charge in [0.05, 0.1) is 18.0 Å². The van der Waals surface area contributed by atoms with Gasteiger partial charge in [-0.3, -0.25) is 14.5 Å². The van der Waals surface area contributed by atoms with Gasteiger partial charge in [0.25, 0.3) is 5.91 Å². The van der Waals surface area contributed by atoms with Crippen molar-refractivity contribution >= 4 is 35.0 Å². The number of nitrogens with zero attached hydrogens (tertiary/aromatic N) is 2. The van der Waals surface area contributed by atoms with Gasteiger partial charge >= 0.3 is 0 Å². The number of thioether (sulfide) groups is 1. The zero-order chi connectivity index (χ0) is 20.0. The fraction of sp³-hybridized carbons (Fsp3) is 0.130. The van der Waals surface area contributed by atoms with Crippen LogP contribution in [0.5, 0.6) is 0 Å².